The van der Waals surface area contributed by atoms with Crippen LogP contribution >= 0.6 is 23.1 Å². The van der Waals surface area contributed by atoms with Gasteiger partial charge in [0.15, 0.2) is 11.5 Å². The van der Waals surface area contributed by atoms with E-state index in [1.54, 1.807) is 6.20 Å². The molecule has 0 saturated carbocycles. The first kappa shape index (κ1) is 14.3. The van der Waals surface area contributed by atoms with Gasteiger partial charge in [-0.1, -0.05) is 0 Å². The van der Waals surface area contributed by atoms with E-state index in [0.29, 0.717) is 12.0 Å². The predicted octanol–water partition coefficient (Wildman–Crippen LogP) is 2.71. The molecule has 3 aliphatic rings. The van der Waals surface area contributed by atoms with Gasteiger partial charge in [-0.2, -0.15) is 0 Å². The second-order valence-corrected chi connectivity index (χ2v) is 8.15. The third kappa shape index (κ3) is 2.93. The number of amides is 1. The van der Waals surface area contributed by atoms with E-state index < -0.39 is 0 Å². The Morgan fingerprint density at radius 3 is 2.95 bits per heavy atom. The van der Waals surface area contributed by atoms with Crippen molar-refractivity contribution < 1.29 is 9.21 Å². The van der Waals surface area contributed by atoms with Gasteiger partial charge in [0.25, 0.3) is 5.91 Å². The van der Waals surface area contributed by atoms with Gasteiger partial charge in [0.05, 0.1) is 15.3 Å². The Morgan fingerprint density at radius 1 is 1.41 bits per heavy atom. The molecular formula is C15H17N3O2S2. The number of carbonyl (C=O) groups is 1. The van der Waals surface area contributed by atoms with E-state index in [4.69, 9.17) is 4.42 Å². The van der Waals surface area contributed by atoms with E-state index in [1.165, 1.54) is 55.4 Å². The number of nitrogens with zero attached hydrogens (tertiary/aromatic N) is 2. The normalized spacial score (nSPS) is 27.0. The summed E-state index contributed by atoms with van der Waals surface area (Å²) < 4.78 is 6.25. The van der Waals surface area contributed by atoms with Crippen LogP contribution in [-0.2, 0) is 0 Å². The van der Waals surface area contributed by atoms with Crippen LogP contribution < -0.4 is 5.32 Å². The van der Waals surface area contributed by atoms with E-state index in [-0.39, 0.29) is 5.91 Å². The molecule has 5 nitrogen and oxygen atoms in total. The van der Waals surface area contributed by atoms with E-state index in [2.05, 4.69) is 15.2 Å². The Balaban J connectivity index is 1.39. The van der Waals surface area contributed by atoms with Crippen LogP contribution in [-0.4, -0.2) is 41.5 Å². The molecular weight excluding hydrogens is 318 g/mol. The number of fused-ring (bicyclic) bond motifs is 3. The maximum absolute atomic E-state index is 12.4. The maximum Gasteiger partial charge on any atom is 0.261 e. The first-order valence-corrected chi connectivity index (χ1v) is 9.10. The van der Waals surface area contributed by atoms with E-state index in [1.807, 2.05) is 12.1 Å². The topological polar surface area (TPSA) is 58.4 Å². The summed E-state index contributed by atoms with van der Waals surface area (Å²) in [4.78, 5) is 19.5. The second kappa shape index (κ2) is 6.06. The van der Waals surface area contributed by atoms with Crippen molar-refractivity contribution in [1.29, 1.82) is 0 Å². The molecule has 116 valence electrons. The molecule has 22 heavy (non-hydrogen) atoms. The van der Waals surface area contributed by atoms with Gasteiger partial charge in [0, 0.05) is 12.6 Å². The molecule has 0 unspecified atom stereocenters. The number of nitrogens with one attached hydrogen (secondary N) is 1. The minimum Gasteiger partial charge on any atom is -0.437 e. The lowest BCUT2D eigenvalue weighted by Crippen LogP contribution is -2.57. The second-order valence-electron chi connectivity index (χ2n) is 5.76. The van der Waals surface area contributed by atoms with Gasteiger partial charge in [-0.25, -0.2) is 4.98 Å². The van der Waals surface area contributed by atoms with Crippen molar-refractivity contribution in [3.8, 4) is 0 Å². The average molecular weight is 335 g/mol. The van der Waals surface area contributed by atoms with Crippen LogP contribution in [0.1, 0.15) is 22.5 Å². The Bertz CT molecular complexity index is 648. The molecule has 2 aromatic heterocycles. The Labute approximate surface area is 137 Å². The fraction of sp³-hybridized carbons (Fsp3) is 0.467. The quantitative estimate of drug-likeness (QED) is 0.931. The summed E-state index contributed by atoms with van der Waals surface area (Å²) in [5.74, 6) is 0.699. The summed E-state index contributed by atoms with van der Waals surface area (Å²) in [7, 11) is 0. The highest BCUT2D eigenvalue weighted by molar-refractivity contribution is 8.01. The number of carbonyl (C=O) groups excluding carboxylic acids is 1. The average Bonchev–Trinajstić information content (AvgIpc) is 3.21. The number of thiophene rings is 1. The first-order chi connectivity index (χ1) is 10.8. The number of aromatic nitrogens is 1. The minimum absolute atomic E-state index is 0.0492. The summed E-state index contributed by atoms with van der Waals surface area (Å²) in [5.41, 5.74) is 0. The SMILES string of the molecule is O=C(N[C@H]1CN2CCC1CC2)c1ccc(Sc2cnco2)s1. The van der Waals surface area contributed by atoms with Gasteiger partial charge in [-0.05, 0) is 55.7 Å². The Kier molecular flexibility index (Phi) is 3.94. The molecule has 0 aromatic carbocycles. The van der Waals surface area contributed by atoms with Crippen molar-refractivity contribution in [1.82, 2.24) is 15.2 Å². The van der Waals surface area contributed by atoms with Gasteiger partial charge in [0.2, 0.25) is 0 Å². The van der Waals surface area contributed by atoms with Crippen LogP contribution in [0.15, 0.2) is 38.4 Å². The lowest BCUT2D eigenvalue weighted by molar-refractivity contribution is 0.0622. The van der Waals surface area contributed by atoms with Crippen molar-refractivity contribution in [3.05, 3.63) is 29.6 Å². The van der Waals surface area contributed by atoms with Gasteiger partial charge in [0.1, 0.15) is 0 Å². The zero-order valence-electron chi connectivity index (χ0n) is 12.0. The molecule has 1 amide bonds. The highest BCUT2D eigenvalue weighted by Crippen LogP contribution is 2.33. The lowest BCUT2D eigenvalue weighted by Gasteiger charge is -2.44. The summed E-state index contributed by atoms with van der Waals surface area (Å²) in [6.07, 6.45) is 5.51. The van der Waals surface area contributed by atoms with Gasteiger partial charge < -0.3 is 14.6 Å². The fourth-order valence-electron chi connectivity index (χ4n) is 3.22. The zero-order chi connectivity index (χ0) is 14.9. The van der Waals surface area contributed by atoms with E-state index in [9.17, 15) is 4.79 Å². The molecule has 3 fully saturated rings. The monoisotopic (exact) mass is 335 g/mol. The molecule has 5 rings (SSSR count). The standard InChI is InChI=1S/C15H17N3O2S2/c19-15(17-11-8-18-5-3-10(11)4-6-18)12-1-2-14(21-12)22-13-7-16-9-20-13/h1-2,7,9-11H,3-6,8H2,(H,17,19)/t11-/m0/s1. The van der Waals surface area contributed by atoms with Crippen LogP contribution in [0.2, 0.25) is 0 Å². The van der Waals surface area contributed by atoms with E-state index >= 15 is 0 Å². The molecule has 3 saturated heterocycles. The molecule has 1 N–H and O–H groups in total. The molecule has 3 aliphatic heterocycles. The van der Waals surface area contributed by atoms with Gasteiger partial charge >= 0.3 is 0 Å². The first-order valence-electron chi connectivity index (χ1n) is 7.47. The van der Waals surface area contributed by atoms with Crippen molar-refractivity contribution in [2.45, 2.75) is 28.2 Å². The highest BCUT2D eigenvalue weighted by atomic mass is 32.2. The molecule has 0 aliphatic carbocycles. The fourth-order valence-corrected chi connectivity index (χ4v) is 5.08. The smallest absolute Gasteiger partial charge is 0.261 e. The van der Waals surface area contributed by atoms with Crippen molar-refractivity contribution in [2.75, 3.05) is 19.6 Å². The van der Waals surface area contributed by atoms with Crippen LogP contribution in [0.3, 0.4) is 0 Å². The molecule has 2 aromatic rings. The number of oxazole rings is 1. The zero-order valence-corrected chi connectivity index (χ0v) is 13.7. The molecule has 0 radical (unpaired) electrons. The molecule has 7 heteroatoms. The van der Waals surface area contributed by atoms with Crippen molar-refractivity contribution in [2.24, 2.45) is 5.92 Å². The third-order valence-corrected chi connectivity index (χ3v) is 6.51. The van der Waals surface area contributed by atoms with Crippen LogP contribution in [0, 0.1) is 5.92 Å². The van der Waals surface area contributed by atoms with E-state index in [0.717, 1.165) is 20.7 Å². The lowest BCUT2D eigenvalue weighted by atomic mass is 9.84. The highest BCUT2D eigenvalue weighted by Gasteiger charge is 2.35. The van der Waals surface area contributed by atoms with Gasteiger partial charge in [-0.15, -0.1) is 11.3 Å². The van der Waals surface area contributed by atoms with Crippen LogP contribution in [0.5, 0.6) is 0 Å². The summed E-state index contributed by atoms with van der Waals surface area (Å²) in [6.45, 7) is 3.38. The maximum atomic E-state index is 12.4. The molecule has 2 bridgehead atoms. The number of piperidine rings is 3. The van der Waals surface area contributed by atoms with Crippen LogP contribution in [0.4, 0.5) is 0 Å². The number of hydrogen-bond acceptors (Lipinski definition) is 6. The largest absolute Gasteiger partial charge is 0.437 e. The molecule has 5 heterocycles. The summed E-state index contributed by atoms with van der Waals surface area (Å²) >= 11 is 2.99. The van der Waals surface area contributed by atoms with Crippen LogP contribution in [0.25, 0.3) is 0 Å². The van der Waals surface area contributed by atoms with Crippen molar-refractivity contribution in [3.63, 3.8) is 0 Å². The molecule has 1 atom stereocenters. The van der Waals surface area contributed by atoms with Gasteiger partial charge in [-0.3, -0.25) is 4.79 Å². The Morgan fingerprint density at radius 2 is 2.27 bits per heavy atom. The minimum atomic E-state index is 0.0492. The van der Waals surface area contributed by atoms with Crippen molar-refractivity contribution >= 4 is 29.0 Å². The predicted molar refractivity (Wildman–Crippen MR) is 85.4 cm³/mol. The third-order valence-electron chi connectivity index (χ3n) is 4.39. The molecule has 0 spiro atoms. The number of rotatable bonds is 4. The number of hydrogen-bond donors (Lipinski definition) is 1. The summed E-state index contributed by atoms with van der Waals surface area (Å²) in [6, 6.07) is 4.16. The Hall–Kier alpha value is -1.31. The summed E-state index contributed by atoms with van der Waals surface area (Å²) in [5, 5.41) is 3.97.